The van der Waals surface area contributed by atoms with Crippen molar-refractivity contribution in [2.24, 2.45) is 0 Å². The van der Waals surface area contributed by atoms with Crippen molar-refractivity contribution in [3.05, 3.63) is 64.7 Å². The van der Waals surface area contributed by atoms with Crippen molar-refractivity contribution in [2.45, 2.75) is 19.0 Å². The first-order valence-corrected chi connectivity index (χ1v) is 8.12. The number of para-hydroxylation sites is 1. The summed E-state index contributed by atoms with van der Waals surface area (Å²) >= 11 is 5.81. The van der Waals surface area contributed by atoms with E-state index in [9.17, 15) is 14.4 Å². The van der Waals surface area contributed by atoms with Gasteiger partial charge in [0.15, 0.2) is 0 Å². The zero-order valence-electron chi connectivity index (χ0n) is 13.2. The summed E-state index contributed by atoms with van der Waals surface area (Å²) < 4.78 is 0. The molecule has 128 valence electrons. The number of benzene rings is 2. The molecular formula is C18H16ClN3O3. The van der Waals surface area contributed by atoms with Crippen LogP contribution in [0.15, 0.2) is 48.5 Å². The second-order valence-electron chi connectivity index (χ2n) is 5.67. The van der Waals surface area contributed by atoms with Gasteiger partial charge in [-0.05, 0) is 29.8 Å². The van der Waals surface area contributed by atoms with E-state index in [4.69, 9.17) is 11.6 Å². The summed E-state index contributed by atoms with van der Waals surface area (Å²) in [5.74, 6) is -1.13. The van der Waals surface area contributed by atoms with E-state index in [1.54, 1.807) is 48.5 Å². The Labute approximate surface area is 149 Å². The molecule has 3 rings (SSSR count). The second kappa shape index (κ2) is 7.36. The van der Waals surface area contributed by atoms with E-state index in [-0.39, 0.29) is 18.2 Å². The maximum atomic E-state index is 12.2. The average molecular weight is 358 g/mol. The molecule has 2 aromatic carbocycles. The molecule has 25 heavy (non-hydrogen) atoms. The molecule has 0 fully saturated rings. The predicted octanol–water partition coefficient (Wildman–Crippen LogP) is 2.10. The van der Waals surface area contributed by atoms with Gasteiger partial charge in [-0.25, -0.2) is 0 Å². The van der Waals surface area contributed by atoms with Crippen molar-refractivity contribution in [1.82, 2.24) is 10.6 Å². The fourth-order valence-corrected chi connectivity index (χ4v) is 2.64. The van der Waals surface area contributed by atoms with Gasteiger partial charge in [-0.2, -0.15) is 0 Å². The van der Waals surface area contributed by atoms with E-state index in [1.165, 1.54) is 0 Å². The Kier molecular flexibility index (Phi) is 5.00. The third-order valence-corrected chi connectivity index (χ3v) is 4.10. The molecule has 0 saturated heterocycles. The van der Waals surface area contributed by atoms with Crippen LogP contribution >= 0.6 is 11.6 Å². The monoisotopic (exact) mass is 357 g/mol. The van der Waals surface area contributed by atoms with Crippen molar-refractivity contribution < 1.29 is 14.4 Å². The van der Waals surface area contributed by atoms with Crippen LogP contribution in [0.1, 0.15) is 22.3 Å². The van der Waals surface area contributed by atoms with Crippen molar-refractivity contribution in [2.75, 3.05) is 5.32 Å². The first kappa shape index (κ1) is 17.0. The lowest BCUT2D eigenvalue weighted by Gasteiger charge is -2.14. The summed E-state index contributed by atoms with van der Waals surface area (Å²) in [5.41, 5.74) is 1.70. The molecule has 0 aliphatic carbocycles. The molecule has 1 aliphatic heterocycles. The number of fused-ring (bicyclic) bond motifs is 1. The Bertz CT molecular complexity index is 821. The number of carbonyl (C=O) groups is 3. The fraction of sp³-hybridized carbons (Fsp3) is 0.167. The van der Waals surface area contributed by atoms with Crippen molar-refractivity contribution in [3.63, 3.8) is 0 Å². The Morgan fingerprint density at radius 2 is 1.80 bits per heavy atom. The molecule has 3 N–H and O–H groups in total. The van der Waals surface area contributed by atoms with Crippen LogP contribution in [0.2, 0.25) is 5.02 Å². The summed E-state index contributed by atoms with van der Waals surface area (Å²) in [6.45, 7) is 0.318. The Hall–Kier alpha value is -2.86. The van der Waals surface area contributed by atoms with Gasteiger partial charge in [0.25, 0.3) is 5.91 Å². The highest BCUT2D eigenvalue weighted by molar-refractivity contribution is 6.30. The molecule has 6 nitrogen and oxygen atoms in total. The zero-order chi connectivity index (χ0) is 17.8. The third-order valence-electron chi connectivity index (χ3n) is 3.84. The van der Waals surface area contributed by atoms with Crippen LogP contribution in [-0.2, 0) is 16.1 Å². The predicted molar refractivity (Wildman–Crippen MR) is 94.2 cm³/mol. The maximum absolute atomic E-state index is 12.2. The third kappa shape index (κ3) is 4.16. The summed E-state index contributed by atoms with van der Waals surface area (Å²) in [7, 11) is 0. The SMILES string of the molecule is O=C(CC1NC(=O)c2ccccc2NC1=O)NCc1ccc(Cl)cc1. The van der Waals surface area contributed by atoms with Gasteiger partial charge < -0.3 is 16.0 Å². The largest absolute Gasteiger partial charge is 0.352 e. The van der Waals surface area contributed by atoms with E-state index in [0.717, 1.165) is 5.56 Å². The molecule has 0 aromatic heterocycles. The number of nitrogens with one attached hydrogen (secondary N) is 3. The van der Waals surface area contributed by atoms with E-state index in [0.29, 0.717) is 22.8 Å². The Balaban J connectivity index is 1.60. The number of anilines is 1. The van der Waals surface area contributed by atoms with Gasteiger partial charge in [0, 0.05) is 11.6 Å². The van der Waals surface area contributed by atoms with Gasteiger partial charge in [0.05, 0.1) is 17.7 Å². The molecule has 0 saturated carbocycles. The van der Waals surface area contributed by atoms with Crippen molar-refractivity contribution in [3.8, 4) is 0 Å². The molecule has 1 aliphatic rings. The Morgan fingerprint density at radius 1 is 1.08 bits per heavy atom. The van der Waals surface area contributed by atoms with Crippen LogP contribution in [0.25, 0.3) is 0 Å². The zero-order valence-corrected chi connectivity index (χ0v) is 14.0. The molecule has 1 unspecified atom stereocenters. The molecule has 0 bridgehead atoms. The molecule has 1 atom stereocenters. The molecule has 0 spiro atoms. The highest BCUT2D eigenvalue weighted by atomic mass is 35.5. The average Bonchev–Trinajstić information content (AvgIpc) is 2.71. The topological polar surface area (TPSA) is 87.3 Å². The molecule has 3 amide bonds. The highest BCUT2D eigenvalue weighted by Crippen LogP contribution is 2.18. The van der Waals surface area contributed by atoms with Gasteiger partial charge in [-0.1, -0.05) is 35.9 Å². The van der Waals surface area contributed by atoms with Gasteiger partial charge in [0.1, 0.15) is 6.04 Å². The van der Waals surface area contributed by atoms with Crippen LogP contribution in [0, 0.1) is 0 Å². The maximum Gasteiger partial charge on any atom is 0.254 e. The quantitative estimate of drug-likeness (QED) is 0.783. The number of rotatable bonds is 4. The summed E-state index contributed by atoms with van der Waals surface area (Å²) in [5, 5.41) is 8.61. The molecule has 7 heteroatoms. The number of hydrogen-bond acceptors (Lipinski definition) is 3. The lowest BCUT2D eigenvalue weighted by Crippen LogP contribution is -2.44. The van der Waals surface area contributed by atoms with Crippen LogP contribution < -0.4 is 16.0 Å². The van der Waals surface area contributed by atoms with Crippen LogP contribution in [-0.4, -0.2) is 23.8 Å². The molecule has 1 heterocycles. The Morgan fingerprint density at radius 3 is 2.56 bits per heavy atom. The van der Waals surface area contributed by atoms with Crippen LogP contribution in [0.4, 0.5) is 5.69 Å². The van der Waals surface area contributed by atoms with Crippen LogP contribution in [0.3, 0.4) is 0 Å². The summed E-state index contributed by atoms with van der Waals surface area (Å²) in [6.07, 6.45) is -0.140. The standard InChI is InChI=1S/C18H16ClN3O3/c19-12-7-5-11(6-8-12)10-20-16(23)9-15-18(25)21-14-4-2-1-3-13(14)17(24)22-15/h1-8,15H,9-10H2,(H,20,23)(H,21,25)(H,22,24). The van der Waals surface area contributed by atoms with Crippen LogP contribution in [0.5, 0.6) is 0 Å². The minimum Gasteiger partial charge on any atom is -0.352 e. The van der Waals surface area contributed by atoms with E-state index in [1.807, 2.05) is 0 Å². The molecular weight excluding hydrogens is 342 g/mol. The van der Waals surface area contributed by atoms with Gasteiger partial charge in [-0.3, -0.25) is 14.4 Å². The summed E-state index contributed by atoms with van der Waals surface area (Å²) in [6, 6.07) is 12.9. The normalized spacial score (nSPS) is 16.3. The lowest BCUT2D eigenvalue weighted by atomic mass is 10.1. The van der Waals surface area contributed by atoms with E-state index < -0.39 is 11.9 Å². The van der Waals surface area contributed by atoms with Gasteiger partial charge in [-0.15, -0.1) is 0 Å². The first-order valence-electron chi connectivity index (χ1n) is 7.75. The molecule has 0 radical (unpaired) electrons. The van der Waals surface area contributed by atoms with Gasteiger partial charge in [0.2, 0.25) is 11.8 Å². The summed E-state index contributed by atoms with van der Waals surface area (Å²) in [4.78, 5) is 36.6. The van der Waals surface area contributed by atoms with E-state index >= 15 is 0 Å². The first-order chi connectivity index (χ1) is 12.0. The fourth-order valence-electron chi connectivity index (χ4n) is 2.52. The number of amides is 3. The van der Waals surface area contributed by atoms with Crippen molar-refractivity contribution in [1.29, 1.82) is 0 Å². The number of hydrogen-bond donors (Lipinski definition) is 3. The van der Waals surface area contributed by atoms with Gasteiger partial charge >= 0.3 is 0 Å². The highest BCUT2D eigenvalue weighted by Gasteiger charge is 2.29. The smallest absolute Gasteiger partial charge is 0.254 e. The number of carbonyl (C=O) groups excluding carboxylic acids is 3. The second-order valence-corrected chi connectivity index (χ2v) is 6.10. The molecule has 2 aromatic rings. The van der Waals surface area contributed by atoms with E-state index in [2.05, 4.69) is 16.0 Å². The lowest BCUT2D eigenvalue weighted by molar-refractivity contribution is -0.125. The van der Waals surface area contributed by atoms with Crippen molar-refractivity contribution >= 4 is 35.0 Å². The minimum absolute atomic E-state index is 0.140. The number of halogens is 1. The minimum atomic E-state index is -0.926.